The molecular formula is C10H16N2O4S. The highest BCUT2D eigenvalue weighted by Gasteiger charge is 2.29. The van der Waals surface area contributed by atoms with Crippen LogP contribution in [0.25, 0.3) is 0 Å². The van der Waals surface area contributed by atoms with Gasteiger partial charge in [0.2, 0.25) is 15.9 Å². The van der Waals surface area contributed by atoms with E-state index in [0.29, 0.717) is 16.8 Å². The summed E-state index contributed by atoms with van der Waals surface area (Å²) in [5.41, 5.74) is -0.799. The second-order valence-electron chi connectivity index (χ2n) is 4.40. The van der Waals surface area contributed by atoms with Gasteiger partial charge < -0.3 is 5.11 Å². The van der Waals surface area contributed by atoms with E-state index in [9.17, 15) is 13.2 Å². The largest absolute Gasteiger partial charge is 0.493 e. The van der Waals surface area contributed by atoms with Gasteiger partial charge in [-0.25, -0.2) is 13.2 Å². The fourth-order valence-corrected chi connectivity index (χ4v) is 4.03. The molecule has 1 aliphatic rings. The second kappa shape index (κ2) is 4.56. The molecule has 1 saturated carbocycles. The first-order valence-electron chi connectivity index (χ1n) is 5.77. The molecule has 17 heavy (non-hydrogen) atoms. The van der Waals surface area contributed by atoms with Crippen LogP contribution < -0.4 is 5.69 Å². The van der Waals surface area contributed by atoms with Crippen molar-refractivity contribution in [3.8, 4) is 5.88 Å². The first-order valence-corrected chi connectivity index (χ1v) is 7.27. The number of aromatic nitrogens is 2. The Balaban J connectivity index is 2.35. The summed E-state index contributed by atoms with van der Waals surface area (Å²) >= 11 is 0. The molecule has 0 aromatic carbocycles. The highest BCUT2D eigenvalue weighted by atomic mass is 32.2. The molecule has 0 unspecified atom stereocenters. The zero-order valence-electron chi connectivity index (χ0n) is 9.42. The highest BCUT2D eigenvalue weighted by molar-refractivity contribution is 7.90. The fourth-order valence-electron chi connectivity index (χ4n) is 2.26. The molecule has 0 radical (unpaired) electrons. The van der Waals surface area contributed by atoms with Crippen LogP contribution in [-0.2, 0) is 10.0 Å². The van der Waals surface area contributed by atoms with E-state index in [2.05, 4.69) is 4.98 Å². The van der Waals surface area contributed by atoms with Crippen molar-refractivity contribution in [1.82, 2.24) is 8.96 Å². The van der Waals surface area contributed by atoms with Crippen molar-refractivity contribution < 1.29 is 13.5 Å². The molecule has 1 heterocycles. The van der Waals surface area contributed by atoms with E-state index in [1.807, 2.05) is 0 Å². The van der Waals surface area contributed by atoms with Gasteiger partial charge in [-0.2, -0.15) is 3.97 Å². The molecule has 6 nitrogen and oxygen atoms in total. The van der Waals surface area contributed by atoms with Crippen molar-refractivity contribution in [1.29, 1.82) is 0 Å². The van der Waals surface area contributed by atoms with Gasteiger partial charge in [-0.3, -0.25) is 4.98 Å². The average molecular weight is 260 g/mol. The van der Waals surface area contributed by atoms with Gasteiger partial charge in [-0.1, -0.05) is 25.7 Å². The first-order chi connectivity index (χ1) is 8.01. The number of imidazole rings is 1. The molecule has 1 fully saturated rings. The zero-order chi connectivity index (χ0) is 12.5. The SMILES string of the molecule is O=c1[nH]c(O)cn1S(=O)(=O)C1CCCCCC1. The summed E-state index contributed by atoms with van der Waals surface area (Å²) < 4.78 is 25.0. The van der Waals surface area contributed by atoms with Crippen LogP contribution in [-0.4, -0.2) is 27.7 Å². The number of aromatic hydroxyl groups is 1. The van der Waals surface area contributed by atoms with Gasteiger partial charge in [-0.15, -0.1) is 0 Å². The Hall–Kier alpha value is -1.24. The number of H-pyrrole nitrogens is 1. The second-order valence-corrected chi connectivity index (χ2v) is 6.49. The highest BCUT2D eigenvalue weighted by Crippen LogP contribution is 2.24. The lowest BCUT2D eigenvalue weighted by atomic mass is 10.2. The van der Waals surface area contributed by atoms with Gasteiger partial charge in [0.05, 0.1) is 11.4 Å². The Kier molecular flexibility index (Phi) is 3.28. The standard InChI is InChI=1S/C10H16N2O4S/c13-9-7-12(10(14)11-9)17(15,16)8-5-3-1-2-4-6-8/h7-8,13H,1-6H2,(H,11,14). The van der Waals surface area contributed by atoms with Crippen LogP contribution in [0.5, 0.6) is 5.88 Å². The molecular weight excluding hydrogens is 244 g/mol. The summed E-state index contributed by atoms with van der Waals surface area (Å²) in [6.07, 6.45) is 5.92. The van der Waals surface area contributed by atoms with Crippen LogP contribution >= 0.6 is 0 Å². The molecule has 0 amide bonds. The topological polar surface area (TPSA) is 92.2 Å². The lowest BCUT2D eigenvalue weighted by Gasteiger charge is -2.14. The van der Waals surface area contributed by atoms with Crippen molar-refractivity contribution in [3.05, 3.63) is 16.7 Å². The third kappa shape index (κ3) is 2.38. The molecule has 0 atom stereocenters. The quantitative estimate of drug-likeness (QED) is 0.769. The van der Waals surface area contributed by atoms with Crippen molar-refractivity contribution in [2.24, 2.45) is 0 Å². The summed E-state index contributed by atoms with van der Waals surface area (Å²) in [7, 11) is -3.68. The van der Waals surface area contributed by atoms with E-state index >= 15 is 0 Å². The van der Waals surface area contributed by atoms with Crippen LogP contribution in [0.4, 0.5) is 0 Å². The third-order valence-electron chi connectivity index (χ3n) is 3.17. The maximum atomic E-state index is 12.2. The van der Waals surface area contributed by atoms with Gasteiger partial charge in [0.15, 0.2) is 0 Å². The molecule has 2 N–H and O–H groups in total. The van der Waals surface area contributed by atoms with E-state index in [1.165, 1.54) is 0 Å². The minimum atomic E-state index is -3.68. The predicted molar refractivity (Wildman–Crippen MR) is 62.5 cm³/mol. The molecule has 0 aliphatic heterocycles. The van der Waals surface area contributed by atoms with Crippen LogP contribution in [0, 0.1) is 0 Å². The minimum Gasteiger partial charge on any atom is -0.493 e. The van der Waals surface area contributed by atoms with E-state index in [4.69, 9.17) is 5.11 Å². The summed E-state index contributed by atoms with van der Waals surface area (Å²) in [6.45, 7) is 0. The Bertz CT molecular complexity index is 535. The Labute approximate surface area is 99.3 Å². The lowest BCUT2D eigenvalue weighted by molar-refractivity contribution is 0.455. The van der Waals surface area contributed by atoms with Crippen molar-refractivity contribution in [2.45, 2.75) is 43.8 Å². The summed E-state index contributed by atoms with van der Waals surface area (Å²) in [4.78, 5) is 13.4. The molecule has 1 aliphatic carbocycles. The number of hydrogen-bond donors (Lipinski definition) is 2. The van der Waals surface area contributed by atoms with Crippen molar-refractivity contribution >= 4 is 10.0 Å². The number of nitrogens with zero attached hydrogens (tertiary/aromatic N) is 1. The van der Waals surface area contributed by atoms with E-state index < -0.39 is 26.8 Å². The monoisotopic (exact) mass is 260 g/mol. The van der Waals surface area contributed by atoms with Gasteiger partial charge in [-0.05, 0) is 12.8 Å². The number of aromatic amines is 1. The van der Waals surface area contributed by atoms with Crippen LogP contribution in [0.3, 0.4) is 0 Å². The van der Waals surface area contributed by atoms with Gasteiger partial charge in [0.25, 0.3) is 0 Å². The molecule has 1 aromatic heterocycles. The number of hydrogen-bond acceptors (Lipinski definition) is 4. The molecule has 0 spiro atoms. The maximum absolute atomic E-state index is 12.2. The van der Waals surface area contributed by atoms with Crippen LogP contribution in [0.15, 0.2) is 11.0 Å². The zero-order valence-corrected chi connectivity index (χ0v) is 10.2. The van der Waals surface area contributed by atoms with E-state index in [1.54, 1.807) is 0 Å². The lowest BCUT2D eigenvalue weighted by Crippen LogP contribution is -2.33. The van der Waals surface area contributed by atoms with Crippen molar-refractivity contribution in [3.63, 3.8) is 0 Å². The van der Waals surface area contributed by atoms with Gasteiger partial charge >= 0.3 is 5.69 Å². The summed E-state index contributed by atoms with van der Waals surface area (Å²) in [5.74, 6) is -0.424. The molecule has 0 bridgehead atoms. The number of nitrogens with one attached hydrogen (secondary N) is 1. The fraction of sp³-hybridized carbons (Fsp3) is 0.700. The third-order valence-corrected chi connectivity index (χ3v) is 5.31. The number of rotatable bonds is 2. The average Bonchev–Trinajstić information content (AvgIpc) is 2.52. The normalized spacial score (nSPS) is 19.1. The molecule has 2 rings (SSSR count). The summed E-state index contributed by atoms with van der Waals surface area (Å²) in [6, 6.07) is 0. The molecule has 96 valence electrons. The van der Waals surface area contributed by atoms with Crippen molar-refractivity contribution in [2.75, 3.05) is 0 Å². The van der Waals surface area contributed by atoms with Crippen LogP contribution in [0.2, 0.25) is 0 Å². The predicted octanol–water partition coefficient (Wildman–Crippen LogP) is 0.783. The summed E-state index contributed by atoms with van der Waals surface area (Å²) in [5, 5.41) is 8.59. The molecule has 0 saturated heterocycles. The van der Waals surface area contributed by atoms with Gasteiger partial charge in [0.1, 0.15) is 0 Å². The minimum absolute atomic E-state index is 0.424. The van der Waals surface area contributed by atoms with Crippen LogP contribution in [0.1, 0.15) is 38.5 Å². The smallest absolute Gasteiger partial charge is 0.342 e. The maximum Gasteiger partial charge on any atom is 0.342 e. The first kappa shape index (κ1) is 12.2. The Morgan fingerprint density at radius 1 is 1.24 bits per heavy atom. The molecule has 1 aromatic rings. The molecule has 7 heteroatoms. The van der Waals surface area contributed by atoms with E-state index in [-0.39, 0.29) is 0 Å². The van der Waals surface area contributed by atoms with E-state index in [0.717, 1.165) is 31.9 Å². The Morgan fingerprint density at radius 2 is 1.82 bits per heavy atom. The Morgan fingerprint density at radius 3 is 2.29 bits per heavy atom. The van der Waals surface area contributed by atoms with Gasteiger partial charge in [0, 0.05) is 0 Å².